The van der Waals surface area contributed by atoms with Gasteiger partial charge in [-0.15, -0.1) is 10.2 Å². The lowest BCUT2D eigenvalue weighted by Gasteiger charge is -2.40. The molecular formula is C22H40N4O6Si. The van der Waals surface area contributed by atoms with Gasteiger partial charge in [0.05, 0.1) is 13.2 Å². The van der Waals surface area contributed by atoms with Crippen LogP contribution in [0.2, 0.25) is 18.1 Å². The average molecular weight is 485 g/mol. The highest BCUT2D eigenvalue weighted by molar-refractivity contribution is 6.74. The highest BCUT2D eigenvalue weighted by Gasteiger charge is 2.54. The number of carbonyl (C=O) groups is 2. The van der Waals surface area contributed by atoms with Crippen molar-refractivity contribution >= 4 is 20.3 Å². The van der Waals surface area contributed by atoms with Crippen LogP contribution in [0.4, 0.5) is 4.79 Å². The van der Waals surface area contributed by atoms with E-state index >= 15 is 0 Å². The Kier molecular flexibility index (Phi) is 8.02. The molecule has 1 aromatic heterocycles. The van der Waals surface area contributed by atoms with Gasteiger partial charge in [0, 0.05) is 6.04 Å². The molecule has 10 nitrogen and oxygen atoms in total. The van der Waals surface area contributed by atoms with Crippen LogP contribution in [0.3, 0.4) is 0 Å². The van der Waals surface area contributed by atoms with E-state index in [0.717, 1.165) is 0 Å². The van der Waals surface area contributed by atoms with Gasteiger partial charge in [0.15, 0.2) is 8.32 Å². The van der Waals surface area contributed by atoms with Crippen molar-refractivity contribution in [2.75, 3.05) is 13.2 Å². The first-order chi connectivity index (χ1) is 15.0. The number of ether oxygens (including phenoxy) is 1. The van der Waals surface area contributed by atoms with Crippen LogP contribution in [-0.2, 0) is 14.0 Å². The first-order valence-electron chi connectivity index (χ1n) is 11.4. The van der Waals surface area contributed by atoms with Crippen LogP contribution in [0.5, 0.6) is 0 Å². The number of hydrogen-bond acceptors (Lipinski definition) is 8. The fraction of sp³-hybridized carbons (Fsp3) is 0.818. The summed E-state index contributed by atoms with van der Waals surface area (Å²) in [5, 5.41) is 20.9. The number of likely N-dealkylation sites (tertiary alicyclic amines) is 1. The van der Waals surface area contributed by atoms with E-state index in [1.54, 1.807) is 20.8 Å². The molecule has 2 amide bonds. The summed E-state index contributed by atoms with van der Waals surface area (Å²) in [4.78, 5) is 27.9. The molecule has 0 radical (unpaired) electrons. The van der Waals surface area contributed by atoms with Crippen LogP contribution >= 0.6 is 0 Å². The molecule has 33 heavy (non-hydrogen) atoms. The summed E-state index contributed by atoms with van der Waals surface area (Å²) >= 11 is 0. The van der Waals surface area contributed by atoms with E-state index in [2.05, 4.69) is 49.4 Å². The highest BCUT2D eigenvalue weighted by atomic mass is 28.4. The summed E-state index contributed by atoms with van der Waals surface area (Å²) in [6.45, 7) is 17.3. The molecule has 1 aliphatic rings. The number of hydrogen-bond donors (Lipinski definition) is 2. The lowest BCUT2D eigenvalue weighted by molar-refractivity contribution is -0.136. The molecule has 0 spiro atoms. The molecule has 1 aliphatic heterocycles. The first-order valence-corrected chi connectivity index (χ1v) is 14.3. The molecule has 1 fully saturated rings. The Labute approximate surface area is 197 Å². The number of rotatable bonds is 7. The average Bonchev–Trinajstić information content (AvgIpc) is 3.31. The van der Waals surface area contributed by atoms with E-state index in [0.29, 0.717) is 12.8 Å². The minimum atomic E-state index is -2.13. The SMILES string of the molecule is CC1CCC(CO)(C(=O)NC(CO[Si](C)(C)C(C)(C)C)c2nnco2)N1C(=O)OC(C)(C)C. The minimum Gasteiger partial charge on any atom is -0.444 e. The zero-order valence-electron chi connectivity index (χ0n) is 21.4. The third kappa shape index (κ3) is 6.13. The second kappa shape index (κ2) is 9.71. The van der Waals surface area contributed by atoms with Crippen molar-refractivity contribution in [1.29, 1.82) is 0 Å². The van der Waals surface area contributed by atoms with E-state index < -0.39 is 44.1 Å². The molecule has 2 rings (SSSR count). The Bertz CT molecular complexity index is 818. The van der Waals surface area contributed by atoms with Gasteiger partial charge >= 0.3 is 6.09 Å². The Morgan fingerprint density at radius 1 is 1.33 bits per heavy atom. The molecule has 3 atom stereocenters. The summed E-state index contributed by atoms with van der Waals surface area (Å²) in [5.74, 6) is -0.313. The second-order valence-corrected chi connectivity index (χ2v) is 16.1. The van der Waals surface area contributed by atoms with Gasteiger partial charge in [-0.1, -0.05) is 20.8 Å². The number of carbonyl (C=O) groups excluding carboxylic acids is 2. The number of amides is 2. The molecule has 0 aliphatic carbocycles. The summed E-state index contributed by atoms with van der Waals surface area (Å²) in [5.41, 5.74) is -2.20. The van der Waals surface area contributed by atoms with E-state index in [9.17, 15) is 14.7 Å². The summed E-state index contributed by atoms with van der Waals surface area (Å²) in [6, 6.07) is -1.00. The summed E-state index contributed by atoms with van der Waals surface area (Å²) in [6.07, 6.45) is 1.41. The highest BCUT2D eigenvalue weighted by Crippen LogP contribution is 2.38. The van der Waals surface area contributed by atoms with E-state index in [1.165, 1.54) is 11.3 Å². The van der Waals surface area contributed by atoms with Crippen molar-refractivity contribution in [1.82, 2.24) is 20.4 Å². The minimum absolute atomic E-state index is 0.0306. The van der Waals surface area contributed by atoms with Crippen molar-refractivity contribution < 1.29 is 28.3 Å². The number of aromatic nitrogens is 2. The van der Waals surface area contributed by atoms with Gasteiger partial charge in [-0.3, -0.25) is 9.69 Å². The zero-order valence-corrected chi connectivity index (χ0v) is 22.4. The van der Waals surface area contributed by atoms with Gasteiger partial charge in [0.2, 0.25) is 18.2 Å². The van der Waals surface area contributed by atoms with E-state index in [4.69, 9.17) is 13.6 Å². The molecule has 2 N–H and O–H groups in total. The van der Waals surface area contributed by atoms with Crippen molar-refractivity contribution in [2.45, 2.75) is 103 Å². The number of nitrogens with one attached hydrogen (secondary N) is 1. The Balaban J connectivity index is 2.29. The predicted octanol–water partition coefficient (Wildman–Crippen LogP) is 3.40. The molecule has 1 saturated heterocycles. The largest absolute Gasteiger partial charge is 0.444 e. The zero-order chi connectivity index (χ0) is 25.2. The molecule has 0 saturated carbocycles. The van der Waals surface area contributed by atoms with E-state index in [1.807, 2.05) is 6.92 Å². The van der Waals surface area contributed by atoms with Gasteiger partial charge < -0.3 is 24.0 Å². The van der Waals surface area contributed by atoms with Crippen LogP contribution in [0, 0.1) is 0 Å². The van der Waals surface area contributed by atoms with Crippen molar-refractivity contribution in [3.8, 4) is 0 Å². The maximum atomic E-state index is 13.6. The quantitative estimate of drug-likeness (QED) is 0.564. The van der Waals surface area contributed by atoms with Crippen LogP contribution < -0.4 is 5.32 Å². The van der Waals surface area contributed by atoms with E-state index in [-0.39, 0.29) is 23.6 Å². The Hall–Kier alpha value is -1.98. The van der Waals surface area contributed by atoms with Gasteiger partial charge in [-0.05, 0) is 58.7 Å². The van der Waals surface area contributed by atoms with Crippen LogP contribution in [0.25, 0.3) is 0 Å². The van der Waals surface area contributed by atoms with Gasteiger partial charge in [-0.25, -0.2) is 4.79 Å². The predicted molar refractivity (Wildman–Crippen MR) is 125 cm³/mol. The molecule has 0 aromatic carbocycles. The normalized spacial score (nSPS) is 22.8. The lowest BCUT2D eigenvalue weighted by atomic mass is 9.95. The Morgan fingerprint density at radius 3 is 2.45 bits per heavy atom. The van der Waals surface area contributed by atoms with Crippen LogP contribution in [0.1, 0.15) is 73.2 Å². The number of aliphatic hydroxyl groups is 1. The number of nitrogens with zero attached hydrogens (tertiary/aromatic N) is 3. The van der Waals surface area contributed by atoms with Crippen molar-refractivity contribution in [3.63, 3.8) is 0 Å². The van der Waals surface area contributed by atoms with Gasteiger partial charge in [0.1, 0.15) is 17.2 Å². The summed E-state index contributed by atoms with van der Waals surface area (Å²) in [7, 11) is -2.13. The molecular weight excluding hydrogens is 444 g/mol. The van der Waals surface area contributed by atoms with Crippen LogP contribution in [0.15, 0.2) is 10.8 Å². The lowest BCUT2D eigenvalue weighted by Crippen LogP contribution is -2.62. The third-order valence-electron chi connectivity index (χ3n) is 6.55. The summed E-state index contributed by atoms with van der Waals surface area (Å²) < 4.78 is 17.2. The smallest absolute Gasteiger partial charge is 0.411 e. The third-order valence-corrected chi connectivity index (χ3v) is 11.1. The molecule has 0 bridgehead atoms. The fourth-order valence-corrected chi connectivity index (χ4v) is 4.56. The van der Waals surface area contributed by atoms with Gasteiger partial charge in [-0.2, -0.15) is 0 Å². The Morgan fingerprint density at radius 2 is 1.97 bits per heavy atom. The molecule has 3 unspecified atom stereocenters. The first kappa shape index (κ1) is 27.3. The second-order valence-electron chi connectivity index (χ2n) is 11.3. The maximum Gasteiger partial charge on any atom is 0.411 e. The number of aliphatic hydroxyl groups excluding tert-OH is 1. The maximum absolute atomic E-state index is 13.6. The topological polar surface area (TPSA) is 127 Å². The standard InChI is InChI=1S/C22H40N4O6Si/c1-15-10-11-22(13-27,26(15)19(29)32-20(2,3)4)18(28)24-16(17-25-23-14-30-17)12-31-33(8,9)21(5,6)7/h14-16,27H,10-13H2,1-9H3,(H,24,28). The van der Waals surface area contributed by atoms with Crippen molar-refractivity contribution in [2.24, 2.45) is 0 Å². The van der Waals surface area contributed by atoms with Crippen molar-refractivity contribution in [3.05, 3.63) is 12.3 Å². The van der Waals surface area contributed by atoms with Crippen LogP contribution in [-0.4, -0.2) is 70.9 Å². The fourth-order valence-electron chi connectivity index (χ4n) is 3.54. The molecule has 11 heteroatoms. The molecule has 2 heterocycles. The van der Waals surface area contributed by atoms with Gasteiger partial charge in [0.25, 0.3) is 0 Å². The monoisotopic (exact) mass is 484 g/mol. The molecule has 1 aromatic rings. The molecule has 188 valence electrons.